The molecule has 0 amide bonds. The Labute approximate surface area is 192 Å². The first-order valence-corrected chi connectivity index (χ1v) is 11.4. The van der Waals surface area contributed by atoms with Crippen LogP contribution in [0, 0.1) is 5.82 Å². The van der Waals surface area contributed by atoms with Crippen molar-refractivity contribution in [2.24, 2.45) is 0 Å². The van der Waals surface area contributed by atoms with E-state index >= 15 is 0 Å². The quantitative estimate of drug-likeness (QED) is 0.493. The number of aliphatic hydroxyl groups is 1. The van der Waals surface area contributed by atoms with Crippen molar-refractivity contribution in [3.63, 3.8) is 0 Å². The molecule has 1 aliphatic carbocycles. The van der Waals surface area contributed by atoms with Crippen molar-refractivity contribution < 1.29 is 9.50 Å². The highest BCUT2D eigenvalue weighted by Crippen LogP contribution is 2.26. The number of halogens is 1. The van der Waals surface area contributed by atoms with Gasteiger partial charge in [-0.3, -0.25) is 0 Å². The van der Waals surface area contributed by atoms with Gasteiger partial charge < -0.3 is 20.6 Å². The lowest BCUT2D eigenvalue weighted by Crippen LogP contribution is -2.34. The number of tetrazole rings is 1. The minimum atomic E-state index is -0.483. The Morgan fingerprint density at radius 1 is 1.30 bits per heavy atom. The fraction of sp³-hybridized carbons (Fsp3) is 0.500. The lowest BCUT2D eigenvalue weighted by molar-refractivity contribution is 0.284. The molecular weight excluding hydrogens is 425 g/mol. The molecule has 10 nitrogen and oxygen atoms in total. The van der Waals surface area contributed by atoms with Gasteiger partial charge in [-0.1, -0.05) is 19.4 Å². The van der Waals surface area contributed by atoms with Crippen LogP contribution in [0.5, 0.6) is 0 Å². The average molecular weight is 456 g/mol. The summed E-state index contributed by atoms with van der Waals surface area (Å²) in [5.74, 6) is 0.189. The minimum Gasteiger partial charge on any atom is -0.510 e. The smallest absolute Gasteiger partial charge is 0.229 e. The summed E-state index contributed by atoms with van der Waals surface area (Å²) in [6.45, 7) is 5.23. The first-order valence-electron chi connectivity index (χ1n) is 11.4. The van der Waals surface area contributed by atoms with Crippen LogP contribution in [0.4, 0.5) is 16.2 Å². The van der Waals surface area contributed by atoms with E-state index < -0.39 is 5.82 Å². The number of nitrogens with zero attached hydrogens (tertiary/aromatic N) is 7. The third-order valence-electron chi connectivity index (χ3n) is 5.92. The average Bonchev–Trinajstić information content (AvgIpc) is 3.49. The molecule has 0 fully saturated rings. The van der Waals surface area contributed by atoms with E-state index in [-0.39, 0.29) is 23.6 Å². The summed E-state index contributed by atoms with van der Waals surface area (Å²) in [6, 6.07) is 0.518. The van der Waals surface area contributed by atoms with E-state index in [0.29, 0.717) is 24.6 Å². The van der Waals surface area contributed by atoms with Crippen molar-refractivity contribution in [2.75, 3.05) is 17.2 Å². The fourth-order valence-electron chi connectivity index (χ4n) is 4.27. The summed E-state index contributed by atoms with van der Waals surface area (Å²) in [4.78, 5) is 10.8. The molecule has 0 unspecified atom stereocenters. The summed E-state index contributed by atoms with van der Waals surface area (Å²) in [5.41, 5.74) is 1.25. The van der Waals surface area contributed by atoms with Gasteiger partial charge in [0.2, 0.25) is 5.95 Å². The maximum absolute atomic E-state index is 14.6. The lowest BCUT2D eigenvalue weighted by atomic mass is 10.0. The number of aromatic nitrogens is 6. The van der Waals surface area contributed by atoms with Crippen LogP contribution in [0.1, 0.15) is 52.4 Å². The van der Waals surface area contributed by atoms with Crippen LogP contribution in [0.25, 0.3) is 5.70 Å². The van der Waals surface area contributed by atoms with Crippen molar-refractivity contribution in [1.29, 1.82) is 0 Å². The molecule has 2 aromatic rings. The second-order valence-corrected chi connectivity index (χ2v) is 8.24. The largest absolute Gasteiger partial charge is 0.510 e. The molecule has 2 atom stereocenters. The van der Waals surface area contributed by atoms with Crippen molar-refractivity contribution in [1.82, 2.24) is 35.1 Å². The van der Waals surface area contributed by atoms with E-state index in [1.165, 1.54) is 17.2 Å². The predicted octanol–water partition coefficient (Wildman–Crippen LogP) is 3.70. The third kappa shape index (κ3) is 5.47. The van der Waals surface area contributed by atoms with Crippen LogP contribution >= 0.6 is 0 Å². The van der Waals surface area contributed by atoms with E-state index in [4.69, 9.17) is 0 Å². The second-order valence-electron chi connectivity index (χ2n) is 8.24. The summed E-state index contributed by atoms with van der Waals surface area (Å²) in [7, 11) is 0. The van der Waals surface area contributed by atoms with Crippen LogP contribution in [0.3, 0.4) is 0 Å². The van der Waals surface area contributed by atoms with Crippen LogP contribution < -0.4 is 10.6 Å². The highest BCUT2D eigenvalue weighted by molar-refractivity contribution is 5.63. The molecule has 2 aromatic heterocycles. The van der Waals surface area contributed by atoms with Crippen LogP contribution in [0.2, 0.25) is 0 Å². The number of nitrogens with one attached hydrogen (secondary N) is 2. The lowest BCUT2D eigenvalue weighted by Gasteiger charge is -2.29. The monoisotopic (exact) mass is 455 g/mol. The summed E-state index contributed by atoms with van der Waals surface area (Å²) >= 11 is 0. The van der Waals surface area contributed by atoms with Gasteiger partial charge in [-0.2, -0.15) is 9.67 Å². The van der Waals surface area contributed by atoms with E-state index in [0.717, 1.165) is 37.9 Å². The topological polar surface area (TPSA) is 117 Å². The van der Waals surface area contributed by atoms with Crippen molar-refractivity contribution in [2.45, 2.75) is 64.5 Å². The van der Waals surface area contributed by atoms with Gasteiger partial charge in [0.05, 0.1) is 6.20 Å². The van der Waals surface area contributed by atoms with E-state index in [9.17, 15) is 9.50 Å². The van der Waals surface area contributed by atoms with Gasteiger partial charge in [0.1, 0.15) is 17.8 Å². The molecule has 3 heterocycles. The van der Waals surface area contributed by atoms with Gasteiger partial charge in [0.15, 0.2) is 11.6 Å². The number of aliphatic hydroxyl groups excluding tert-OH is 1. The molecule has 3 N–H and O–H groups in total. The van der Waals surface area contributed by atoms with Crippen molar-refractivity contribution in [3.8, 4) is 0 Å². The Kier molecular flexibility index (Phi) is 7.16. The minimum absolute atomic E-state index is 0.103. The Morgan fingerprint density at radius 2 is 2.18 bits per heavy atom. The van der Waals surface area contributed by atoms with Gasteiger partial charge in [-0.15, -0.1) is 5.10 Å². The molecule has 0 aromatic carbocycles. The predicted molar refractivity (Wildman–Crippen MR) is 123 cm³/mol. The van der Waals surface area contributed by atoms with Crippen LogP contribution in [-0.2, 0) is 0 Å². The van der Waals surface area contributed by atoms with Crippen LogP contribution in [-0.4, -0.2) is 58.8 Å². The Hall–Kier alpha value is -3.50. The second kappa shape index (κ2) is 10.4. The number of allylic oxidation sites excluding steroid dienone is 4. The number of hydrogen-bond acceptors (Lipinski definition) is 9. The molecule has 1 aliphatic heterocycles. The normalized spacial score (nSPS) is 19.1. The van der Waals surface area contributed by atoms with Crippen molar-refractivity contribution in [3.05, 3.63) is 48.1 Å². The van der Waals surface area contributed by atoms with E-state index in [2.05, 4.69) is 67.2 Å². The van der Waals surface area contributed by atoms with Crippen molar-refractivity contribution >= 4 is 17.5 Å². The first-order chi connectivity index (χ1) is 16.1. The maximum Gasteiger partial charge on any atom is 0.229 e. The first kappa shape index (κ1) is 22.7. The third-order valence-corrected chi connectivity index (χ3v) is 5.92. The molecule has 4 rings (SSSR count). The van der Waals surface area contributed by atoms with Gasteiger partial charge >= 0.3 is 0 Å². The standard InChI is InChI=1S/C22H30FN9O/c1-3-6-15(11-17-7-5-10-31(17)4-2)26-21-18(23)13-24-22(28-21)27-16-8-9-20(33)19(12-16)32-14-25-29-30-32/h5,10,12-15,17,33H,3-4,6-9,11H2,1-2H3,(H2,24,26,27,28)/t15-,17-/m0/s1. The summed E-state index contributed by atoms with van der Waals surface area (Å²) in [5, 5.41) is 27.7. The van der Waals surface area contributed by atoms with Gasteiger partial charge in [0, 0.05) is 30.7 Å². The molecule has 0 spiro atoms. The fourth-order valence-corrected chi connectivity index (χ4v) is 4.27. The molecule has 2 aliphatic rings. The Bertz CT molecular complexity index is 1030. The molecule has 33 heavy (non-hydrogen) atoms. The van der Waals surface area contributed by atoms with E-state index in [1.807, 2.05) is 0 Å². The van der Waals surface area contributed by atoms with Crippen LogP contribution in [0.15, 0.2) is 42.3 Å². The zero-order valence-corrected chi connectivity index (χ0v) is 18.9. The molecular formula is C22H30FN9O. The molecule has 0 saturated heterocycles. The van der Waals surface area contributed by atoms with Gasteiger partial charge in [0.25, 0.3) is 0 Å². The zero-order chi connectivity index (χ0) is 23.2. The highest BCUT2D eigenvalue weighted by Gasteiger charge is 2.23. The highest BCUT2D eigenvalue weighted by atomic mass is 19.1. The SMILES string of the molecule is CCC[C@@H](C[C@@H]1CC=CN1CC)Nc1nc(NC2=CC(n3cnnn3)=C(O)CC2)ncc1F. The van der Waals surface area contributed by atoms with Gasteiger partial charge in [-0.25, -0.2) is 9.37 Å². The van der Waals surface area contributed by atoms with E-state index in [1.54, 1.807) is 6.08 Å². The van der Waals surface area contributed by atoms with Gasteiger partial charge in [-0.05, 0) is 55.3 Å². The molecule has 176 valence electrons. The Balaban J connectivity index is 1.47. The molecule has 11 heteroatoms. The molecule has 0 radical (unpaired) electrons. The zero-order valence-electron chi connectivity index (χ0n) is 18.9. The molecule has 0 bridgehead atoms. The summed E-state index contributed by atoms with van der Waals surface area (Å²) < 4.78 is 16.0. The Morgan fingerprint density at radius 3 is 2.94 bits per heavy atom. The number of rotatable bonds is 10. The summed E-state index contributed by atoms with van der Waals surface area (Å²) in [6.07, 6.45) is 13.5. The number of hydrogen-bond donors (Lipinski definition) is 3. The molecule has 0 saturated carbocycles. The maximum atomic E-state index is 14.6. The number of anilines is 2.